The van der Waals surface area contributed by atoms with Gasteiger partial charge < -0.3 is 9.47 Å². The molecule has 6 nitrogen and oxygen atoms in total. The van der Waals surface area contributed by atoms with Crippen molar-refractivity contribution in [2.24, 2.45) is 4.99 Å². The zero-order chi connectivity index (χ0) is 22.8. The summed E-state index contributed by atoms with van der Waals surface area (Å²) in [6.45, 7) is 3.72. The van der Waals surface area contributed by atoms with Gasteiger partial charge in [-0.2, -0.15) is 0 Å². The average molecular weight is 469 g/mol. The number of ether oxygens (including phenoxy) is 2. The van der Waals surface area contributed by atoms with Crippen LogP contribution in [0.1, 0.15) is 31.0 Å². The number of fused-ring (bicyclic) bond motifs is 1. The number of halogens is 1. The second-order valence-electron chi connectivity index (χ2n) is 7.10. The van der Waals surface area contributed by atoms with Crippen molar-refractivity contribution in [2.45, 2.75) is 19.9 Å². The Hall–Kier alpha value is -3.16. The molecule has 1 aliphatic heterocycles. The zero-order valence-corrected chi connectivity index (χ0v) is 19.4. The van der Waals surface area contributed by atoms with Crippen LogP contribution in [0.5, 0.6) is 5.75 Å². The molecule has 1 atom stereocenters. The number of allylic oxidation sites excluding steroid dienone is 1. The van der Waals surface area contributed by atoms with Gasteiger partial charge in [0, 0.05) is 10.6 Å². The van der Waals surface area contributed by atoms with E-state index >= 15 is 0 Å². The number of carbonyl (C=O) groups is 1. The summed E-state index contributed by atoms with van der Waals surface area (Å²) in [4.78, 5) is 31.5. The molecule has 0 saturated heterocycles. The predicted octanol–water partition coefficient (Wildman–Crippen LogP) is 3.46. The van der Waals surface area contributed by atoms with E-state index in [0.29, 0.717) is 31.4 Å². The van der Waals surface area contributed by atoms with Gasteiger partial charge in [-0.05, 0) is 43.7 Å². The predicted molar refractivity (Wildman–Crippen MR) is 125 cm³/mol. The third-order valence-corrected chi connectivity index (χ3v) is 6.36. The summed E-state index contributed by atoms with van der Waals surface area (Å²) in [5.41, 5.74) is 2.15. The van der Waals surface area contributed by atoms with Gasteiger partial charge >= 0.3 is 5.97 Å². The Morgan fingerprint density at radius 1 is 1.22 bits per heavy atom. The Kier molecular flexibility index (Phi) is 6.30. The van der Waals surface area contributed by atoms with E-state index in [9.17, 15) is 9.59 Å². The van der Waals surface area contributed by atoms with Crippen LogP contribution >= 0.6 is 22.9 Å². The number of methoxy groups -OCH3 is 1. The molecule has 0 N–H and O–H groups in total. The van der Waals surface area contributed by atoms with Crippen LogP contribution in [-0.4, -0.2) is 24.3 Å². The van der Waals surface area contributed by atoms with E-state index < -0.39 is 12.0 Å². The van der Waals surface area contributed by atoms with Crippen molar-refractivity contribution in [1.82, 2.24) is 4.57 Å². The maximum absolute atomic E-state index is 13.5. The molecule has 0 radical (unpaired) electrons. The fourth-order valence-electron chi connectivity index (χ4n) is 3.68. The van der Waals surface area contributed by atoms with Crippen molar-refractivity contribution >= 4 is 35.0 Å². The number of para-hydroxylation sites is 1. The molecule has 0 bridgehead atoms. The summed E-state index contributed by atoms with van der Waals surface area (Å²) in [5.74, 6) is 0.170. The Labute approximate surface area is 193 Å². The number of benzene rings is 2. The third-order valence-electron chi connectivity index (χ3n) is 5.13. The SMILES string of the molecule is CCOC(=O)C1=C(C)N=c2s/c(=C/c3ccccc3OC)c(=O)n2[C@@H]1c1ccc(Cl)cc1. The van der Waals surface area contributed by atoms with E-state index in [-0.39, 0.29) is 12.2 Å². The highest BCUT2D eigenvalue weighted by molar-refractivity contribution is 7.07. The normalized spacial score (nSPS) is 15.9. The van der Waals surface area contributed by atoms with Gasteiger partial charge in [-0.1, -0.05) is 53.3 Å². The molecule has 0 aliphatic carbocycles. The summed E-state index contributed by atoms with van der Waals surface area (Å²) in [5, 5.41) is 0.565. The molecule has 0 amide bonds. The van der Waals surface area contributed by atoms with Crippen molar-refractivity contribution in [1.29, 1.82) is 0 Å². The largest absolute Gasteiger partial charge is 0.496 e. The second kappa shape index (κ2) is 9.14. The van der Waals surface area contributed by atoms with Crippen molar-refractivity contribution in [3.63, 3.8) is 0 Å². The molecule has 0 saturated carbocycles. The molecule has 1 aliphatic rings. The van der Waals surface area contributed by atoms with E-state index in [1.54, 1.807) is 43.7 Å². The Bertz CT molecular complexity index is 1390. The highest BCUT2D eigenvalue weighted by Crippen LogP contribution is 2.31. The van der Waals surface area contributed by atoms with Crippen LogP contribution in [0.3, 0.4) is 0 Å². The van der Waals surface area contributed by atoms with Gasteiger partial charge in [0.05, 0.1) is 35.6 Å². The smallest absolute Gasteiger partial charge is 0.338 e. The standard InChI is InChI=1S/C24H21ClN2O4S/c1-4-31-23(29)20-14(2)26-24-27(21(20)15-9-11-17(25)12-10-15)22(28)19(32-24)13-16-7-5-6-8-18(16)30-3/h5-13,21H,4H2,1-3H3/b19-13+/t21-/m1/s1. The fourth-order valence-corrected chi connectivity index (χ4v) is 4.84. The second-order valence-corrected chi connectivity index (χ2v) is 8.54. The minimum Gasteiger partial charge on any atom is -0.496 e. The monoisotopic (exact) mass is 468 g/mol. The first-order valence-corrected chi connectivity index (χ1v) is 11.2. The lowest BCUT2D eigenvalue weighted by molar-refractivity contribution is -0.139. The third kappa shape index (κ3) is 4.01. The van der Waals surface area contributed by atoms with Crippen LogP contribution in [0.4, 0.5) is 0 Å². The van der Waals surface area contributed by atoms with Crippen molar-refractivity contribution in [3.05, 3.63) is 95.6 Å². The van der Waals surface area contributed by atoms with E-state index in [4.69, 9.17) is 21.1 Å². The number of hydrogen-bond donors (Lipinski definition) is 0. The van der Waals surface area contributed by atoms with E-state index in [1.165, 1.54) is 11.3 Å². The lowest BCUT2D eigenvalue weighted by atomic mass is 9.96. The summed E-state index contributed by atoms with van der Waals surface area (Å²) in [7, 11) is 1.59. The van der Waals surface area contributed by atoms with Crippen molar-refractivity contribution in [2.75, 3.05) is 13.7 Å². The van der Waals surface area contributed by atoms with Gasteiger partial charge in [-0.3, -0.25) is 9.36 Å². The summed E-state index contributed by atoms with van der Waals surface area (Å²) in [6.07, 6.45) is 1.78. The average Bonchev–Trinajstić information content (AvgIpc) is 3.08. The van der Waals surface area contributed by atoms with Gasteiger partial charge in [0.25, 0.3) is 5.56 Å². The molecule has 0 unspecified atom stereocenters. The number of thiazole rings is 1. The van der Waals surface area contributed by atoms with Gasteiger partial charge in [0.1, 0.15) is 5.75 Å². The maximum Gasteiger partial charge on any atom is 0.338 e. The summed E-state index contributed by atoms with van der Waals surface area (Å²) >= 11 is 7.35. The molecule has 2 aromatic carbocycles. The minimum atomic E-state index is -0.664. The first-order valence-electron chi connectivity index (χ1n) is 10.0. The topological polar surface area (TPSA) is 69.9 Å². The number of rotatable bonds is 5. The van der Waals surface area contributed by atoms with Crippen LogP contribution in [-0.2, 0) is 9.53 Å². The molecule has 0 spiro atoms. The van der Waals surface area contributed by atoms with Gasteiger partial charge in [-0.25, -0.2) is 9.79 Å². The number of hydrogen-bond acceptors (Lipinski definition) is 6. The van der Waals surface area contributed by atoms with Crippen molar-refractivity contribution in [3.8, 4) is 5.75 Å². The van der Waals surface area contributed by atoms with E-state index in [1.807, 2.05) is 36.4 Å². The first kappa shape index (κ1) is 22.0. The molecule has 1 aromatic heterocycles. The molecule has 8 heteroatoms. The highest BCUT2D eigenvalue weighted by Gasteiger charge is 2.33. The lowest BCUT2D eigenvalue weighted by Crippen LogP contribution is -2.39. The minimum absolute atomic E-state index is 0.223. The first-order chi connectivity index (χ1) is 15.4. The van der Waals surface area contributed by atoms with E-state index in [0.717, 1.165) is 11.1 Å². The van der Waals surface area contributed by atoms with Crippen LogP contribution in [0, 0.1) is 0 Å². The highest BCUT2D eigenvalue weighted by atomic mass is 35.5. The Balaban J connectivity index is 1.97. The number of aromatic nitrogens is 1. The summed E-state index contributed by atoms with van der Waals surface area (Å²) in [6, 6.07) is 13.9. The molecule has 164 valence electrons. The number of carbonyl (C=O) groups excluding carboxylic acids is 1. The quantitative estimate of drug-likeness (QED) is 0.538. The molecule has 4 rings (SSSR count). The van der Waals surface area contributed by atoms with Crippen LogP contribution in [0.2, 0.25) is 5.02 Å². The maximum atomic E-state index is 13.5. The number of esters is 1. The molecule has 32 heavy (non-hydrogen) atoms. The Morgan fingerprint density at radius 2 is 1.94 bits per heavy atom. The zero-order valence-electron chi connectivity index (χ0n) is 17.8. The molecular formula is C24H21ClN2O4S. The van der Waals surface area contributed by atoms with Crippen LogP contribution in [0.15, 0.2) is 69.6 Å². The number of nitrogens with zero attached hydrogens (tertiary/aromatic N) is 2. The lowest BCUT2D eigenvalue weighted by Gasteiger charge is -2.24. The van der Waals surface area contributed by atoms with Gasteiger partial charge in [-0.15, -0.1) is 0 Å². The summed E-state index contributed by atoms with van der Waals surface area (Å²) < 4.78 is 12.7. The van der Waals surface area contributed by atoms with Gasteiger partial charge in [0.15, 0.2) is 4.80 Å². The van der Waals surface area contributed by atoms with Gasteiger partial charge in [0.2, 0.25) is 0 Å². The van der Waals surface area contributed by atoms with Crippen molar-refractivity contribution < 1.29 is 14.3 Å². The molecule has 3 aromatic rings. The van der Waals surface area contributed by atoms with Crippen LogP contribution in [0.25, 0.3) is 6.08 Å². The van der Waals surface area contributed by atoms with Crippen LogP contribution < -0.4 is 19.6 Å². The molecular weight excluding hydrogens is 448 g/mol. The molecule has 2 heterocycles. The van der Waals surface area contributed by atoms with E-state index in [2.05, 4.69) is 4.99 Å². The Morgan fingerprint density at radius 3 is 2.62 bits per heavy atom. The molecule has 0 fully saturated rings. The fraction of sp³-hybridized carbons (Fsp3) is 0.208.